The molecule has 0 saturated heterocycles. The molecule has 2 aromatic carbocycles. The van der Waals surface area contributed by atoms with Gasteiger partial charge >= 0.3 is 0 Å². The summed E-state index contributed by atoms with van der Waals surface area (Å²) in [6, 6.07) is 16.4. The summed E-state index contributed by atoms with van der Waals surface area (Å²) in [6.07, 6.45) is 6.78. The number of carbonyl (C=O) groups is 1. The van der Waals surface area contributed by atoms with Crippen molar-refractivity contribution in [3.8, 4) is 11.3 Å². The monoisotopic (exact) mass is 410 g/mol. The Morgan fingerprint density at radius 3 is 2.71 bits per heavy atom. The molecule has 2 N–H and O–H groups in total. The van der Waals surface area contributed by atoms with Crippen LogP contribution in [0.4, 0.5) is 5.82 Å². The summed E-state index contributed by atoms with van der Waals surface area (Å²) in [5.41, 5.74) is 3.81. The molecule has 1 saturated carbocycles. The second-order valence-corrected chi connectivity index (χ2v) is 7.77. The van der Waals surface area contributed by atoms with Crippen LogP contribution in [0.15, 0.2) is 67.3 Å². The van der Waals surface area contributed by atoms with Crippen molar-refractivity contribution in [1.29, 1.82) is 0 Å². The number of rotatable bonds is 6. The highest BCUT2D eigenvalue weighted by Crippen LogP contribution is 2.28. The lowest BCUT2D eigenvalue weighted by Gasteiger charge is -2.16. The third kappa shape index (κ3) is 4.21. The molecule has 2 aromatic heterocycles. The van der Waals surface area contributed by atoms with Gasteiger partial charge in [-0.1, -0.05) is 36.4 Å². The van der Waals surface area contributed by atoms with Gasteiger partial charge in [-0.25, -0.2) is 15.0 Å². The Hall–Kier alpha value is -3.87. The second kappa shape index (κ2) is 8.10. The van der Waals surface area contributed by atoms with Crippen molar-refractivity contribution in [3.05, 3.63) is 78.5 Å². The molecular weight excluding hydrogens is 388 g/mol. The Morgan fingerprint density at radius 1 is 1.06 bits per heavy atom. The molecule has 154 valence electrons. The summed E-state index contributed by atoms with van der Waals surface area (Å²) < 4.78 is 0. The van der Waals surface area contributed by atoms with E-state index in [1.54, 1.807) is 12.5 Å². The first kappa shape index (κ1) is 19.1. The van der Waals surface area contributed by atoms with Crippen molar-refractivity contribution in [3.63, 3.8) is 0 Å². The van der Waals surface area contributed by atoms with Gasteiger partial charge in [0.05, 0.1) is 23.6 Å². The summed E-state index contributed by atoms with van der Waals surface area (Å²) in [6.45, 7) is 2.10. The Balaban J connectivity index is 1.47. The average Bonchev–Trinajstić information content (AvgIpc) is 3.63. The van der Waals surface area contributed by atoms with Crippen LogP contribution in [0.1, 0.15) is 41.9 Å². The van der Waals surface area contributed by atoms with Crippen LogP contribution in [0.25, 0.3) is 22.2 Å². The average molecular weight is 410 g/mol. The van der Waals surface area contributed by atoms with Crippen LogP contribution in [0.5, 0.6) is 0 Å². The summed E-state index contributed by atoms with van der Waals surface area (Å²) in [7, 11) is 0. The van der Waals surface area contributed by atoms with Gasteiger partial charge in [0.1, 0.15) is 17.8 Å². The number of nitrogens with zero attached hydrogens (tertiary/aromatic N) is 4. The number of anilines is 1. The molecule has 1 unspecified atom stereocenters. The van der Waals surface area contributed by atoms with E-state index < -0.39 is 0 Å². The minimum absolute atomic E-state index is 0.0807. The number of benzene rings is 2. The van der Waals surface area contributed by atoms with E-state index in [4.69, 9.17) is 0 Å². The zero-order valence-corrected chi connectivity index (χ0v) is 17.1. The lowest BCUT2D eigenvalue weighted by Crippen LogP contribution is -2.26. The first-order chi connectivity index (χ1) is 15.2. The number of fused-ring (bicyclic) bond motifs is 1. The maximum atomic E-state index is 12.4. The van der Waals surface area contributed by atoms with Crippen LogP contribution in [0.3, 0.4) is 0 Å². The number of hydrogen-bond acceptors (Lipinski definition) is 6. The van der Waals surface area contributed by atoms with E-state index in [0.717, 1.165) is 35.1 Å². The first-order valence-corrected chi connectivity index (χ1v) is 10.4. The minimum Gasteiger partial charge on any atom is -0.363 e. The van der Waals surface area contributed by atoms with E-state index in [1.807, 2.05) is 36.4 Å². The normalized spacial score (nSPS) is 14.2. The highest BCUT2D eigenvalue weighted by molar-refractivity contribution is 5.94. The highest BCUT2D eigenvalue weighted by Gasteiger charge is 2.24. The third-order valence-corrected chi connectivity index (χ3v) is 5.36. The molecule has 0 spiro atoms. The zero-order chi connectivity index (χ0) is 21.2. The summed E-state index contributed by atoms with van der Waals surface area (Å²) in [4.78, 5) is 30.0. The van der Waals surface area contributed by atoms with Gasteiger partial charge in [-0.15, -0.1) is 0 Å². The molecular formula is C24H22N6O. The Kier molecular flexibility index (Phi) is 5.00. The summed E-state index contributed by atoms with van der Waals surface area (Å²) in [5, 5.41) is 7.33. The van der Waals surface area contributed by atoms with E-state index >= 15 is 0 Å². The van der Waals surface area contributed by atoms with Crippen LogP contribution < -0.4 is 10.6 Å². The molecule has 1 aliphatic rings. The van der Waals surface area contributed by atoms with Crippen molar-refractivity contribution >= 4 is 22.6 Å². The predicted molar refractivity (Wildman–Crippen MR) is 120 cm³/mol. The smallest absolute Gasteiger partial charge is 0.271 e. The second-order valence-electron chi connectivity index (χ2n) is 7.77. The van der Waals surface area contributed by atoms with Crippen LogP contribution in [0, 0.1) is 0 Å². The van der Waals surface area contributed by atoms with Gasteiger partial charge in [0.15, 0.2) is 0 Å². The quantitative estimate of drug-likeness (QED) is 0.496. The molecule has 7 heteroatoms. The molecule has 4 aromatic rings. The summed E-state index contributed by atoms with van der Waals surface area (Å²) >= 11 is 0. The fourth-order valence-corrected chi connectivity index (χ4v) is 3.46. The Labute approximate surface area is 180 Å². The maximum Gasteiger partial charge on any atom is 0.271 e. The van der Waals surface area contributed by atoms with Crippen LogP contribution in [-0.2, 0) is 0 Å². The maximum absolute atomic E-state index is 12.4. The predicted octanol–water partition coefficient (Wildman–Crippen LogP) is 4.15. The van der Waals surface area contributed by atoms with Crippen molar-refractivity contribution in [2.75, 3.05) is 5.32 Å². The Morgan fingerprint density at radius 2 is 1.90 bits per heavy atom. The molecule has 7 nitrogen and oxygen atoms in total. The number of amides is 1. The third-order valence-electron chi connectivity index (χ3n) is 5.36. The van der Waals surface area contributed by atoms with Gasteiger partial charge in [0.25, 0.3) is 5.91 Å². The minimum atomic E-state index is -0.181. The van der Waals surface area contributed by atoms with Crippen molar-refractivity contribution < 1.29 is 4.79 Å². The lowest BCUT2D eigenvalue weighted by atomic mass is 10.1. The van der Waals surface area contributed by atoms with E-state index in [1.165, 1.54) is 11.8 Å². The molecule has 5 rings (SSSR count). The molecule has 31 heavy (non-hydrogen) atoms. The molecule has 1 aliphatic carbocycles. The fourth-order valence-electron chi connectivity index (χ4n) is 3.46. The molecule has 2 heterocycles. The van der Waals surface area contributed by atoms with Crippen molar-refractivity contribution in [1.82, 2.24) is 25.3 Å². The van der Waals surface area contributed by atoms with Gasteiger partial charge in [-0.3, -0.25) is 9.78 Å². The first-order valence-electron chi connectivity index (χ1n) is 10.4. The van der Waals surface area contributed by atoms with Crippen LogP contribution >= 0.6 is 0 Å². The van der Waals surface area contributed by atoms with Gasteiger partial charge in [0.2, 0.25) is 0 Å². The molecule has 1 atom stereocenters. The fraction of sp³-hybridized carbons (Fsp3) is 0.208. The van der Waals surface area contributed by atoms with E-state index in [9.17, 15) is 4.79 Å². The molecule has 0 radical (unpaired) electrons. The molecule has 1 fully saturated rings. The van der Waals surface area contributed by atoms with Gasteiger partial charge in [-0.2, -0.15) is 0 Å². The molecule has 0 aliphatic heterocycles. The van der Waals surface area contributed by atoms with E-state index in [0.29, 0.717) is 11.4 Å². The Bertz CT molecular complexity index is 1240. The summed E-state index contributed by atoms with van der Waals surface area (Å²) in [5.74, 6) is 0.568. The number of carbonyl (C=O) groups excluding carboxylic acids is 1. The van der Waals surface area contributed by atoms with E-state index in [2.05, 4.69) is 49.6 Å². The van der Waals surface area contributed by atoms with Gasteiger partial charge in [0, 0.05) is 23.0 Å². The highest BCUT2D eigenvalue weighted by atomic mass is 16.2. The number of nitrogens with one attached hydrogen (secondary N) is 2. The number of aromatic nitrogens is 4. The van der Waals surface area contributed by atoms with E-state index in [-0.39, 0.29) is 18.0 Å². The largest absolute Gasteiger partial charge is 0.363 e. The van der Waals surface area contributed by atoms with Crippen LogP contribution in [-0.4, -0.2) is 31.9 Å². The van der Waals surface area contributed by atoms with Crippen molar-refractivity contribution in [2.24, 2.45) is 0 Å². The molecule has 1 amide bonds. The van der Waals surface area contributed by atoms with Crippen molar-refractivity contribution in [2.45, 2.75) is 31.8 Å². The molecule has 0 bridgehead atoms. The van der Waals surface area contributed by atoms with Crippen LogP contribution in [0.2, 0.25) is 0 Å². The zero-order valence-electron chi connectivity index (χ0n) is 17.1. The van der Waals surface area contributed by atoms with Gasteiger partial charge < -0.3 is 10.6 Å². The topological polar surface area (TPSA) is 92.7 Å². The standard InChI is InChI=1S/C24H22N6O/c1-15(16-5-3-2-4-6-16)28-23-19-11-17(7-10-20(19)26-14-27-23)21-12-25-13-22(30-21)24(31)29-18-8-9-18/h2-7,10-15,18H,8-9H2,1H3,(H,29,31)(H,26,27,28). The lowest BCUT2D eigenvalue weighted by molar-refractivity contribution is 0.0946. The van der Waals surface area contributed by atoms with Gasteiger partial charge in [-0.05, 0) is 37.5 Å². The number of hydrogen-bond donors (Lipinski definition) is 2. The SMILES string of the molecule is CC(Nc1ncnc2ccc(-c3cncc(C(=O)NC4CC4)n3)cc12)c1ccccc1.